The average molecular weight is 224 g/mol. The van der Waals surface area contributed by atoms with Gasteiger partial charge in [-0.1, -0.05) is 52.1 Å². The molecule has 1 N–H and O–H groups in total. The van der Waals surface area contributed by atoms with E-state index in [2.05, 4.69) is 5.16 Å². The minimum absolute atomic E-state index is 0.0810. The van der Waals surface area contributed by atoms with Gasteiger partial charge in [0.25, 0.3) is 0 Å². The molecule has 2 nitrogen and oxygen atoms in total. The third-order valence-corrected chi connectivity index (χ3v) is 2.36. The monoisotopic (exact) mass is 223 g/mol. The molecular formula is C7H4Cl3NO. The first-order valence-corrected chi connectivity index (χ1v) is 4.12. The Morgan fingerprint density at radius 2 is 2.00 bits per heavy atom. The van der Waals surface area contributed by atoms with Gasteiger partial charge in [0.2, 0.25) is 0 Å². The summed E-state index contributed by atoms with van der Waals surface area (Å²) in [6.45, 7) is 0. The molecular weight excluding hydrogens is 220 g/mol. The van der Waals surface area contributed by atoms with Crippen LogP contribution in [0.5, 0.6) is 0 Å². The normalized spacial score (nSPS) is 11.8. The predicted molar refractivity (Wildman–Crippen MR) is 50.6 cm³/mol. The molecule has 0 saturated heterocycles. The summed E-state index contributed by atoms with van der Waals surface area (Å²) in [6.07, 6.45) is 0. The van der Waals surface area contributed by atoms with Crippen molar-refractivity contribution in [3.63, 3.8) is 0 Å². The second-order valence-electron chi connectivity index (χ2n) is 1.99. The van der Waals surface area contributed by atoms with Gasteiger partial charge in [-0.15, -0.1) is 0 Å². The van der Waals surface area contributed by atoms with Crippen LogP contribution in [0.3, 0.4) is 0 Å². The van der Waals surface area contributed by atoms with Gasteiger partial charge in [0.15, 0.2) is 5.17 Å². The molecule has 0 spiro atoms. The summed E-state index contributed by atoms with van der Waals surface area (Å²) in [6, 6.07) is 4.89. The van der Waals surface area contributed by atoms with Crippen LogP contribution in [0.1, 0.15) is 5.56 Å². The third kappa shape index (κ3) is 1.83. The van der Waals surface area contributed by atoms with Gasteiger partial charge in [-0.05, 0) is 6.07 Å². The maximum atomic E-state index is 8.36. The number of nitrogens with zero attached hydrogens (tertiary/aromatic N) is 1. The highest BCUT2D eigenvalue weighted by atomic mass is 35.5. The van der Waals surface area contributed by atoms with Gasteiger partial charge in [-0.25, -0.2) is 0 Å². The SMILES string of the molecule is O/N=C(/Cl)c1cccc(Cl)c1Cl. The largest absolute Gasteiger partial charge is 0.410 e. The van der Waals surface area contributed by atoms with Gasteiger partial charge in [-0.3, -0.25) is 0 Å². The molecule has 0 radical (unpaired) electrons. The molecule has 0 aliphatic carbocycles. The lowest BCUT2D eigenvalue weighted by molar-refractivity contribution is 0.321. The zero-order valence-electron chi connectivity index (χ0n) is 5.76. The molecule has 1 rings (SSSR count). The Morgan fingerprint density at radius 1 is 1.33 bits per heavy atom. The first-order valence-electron chi connectivity index (χ1n) is 2.98. The van der Waals surface area contributed by atoms with Crippen molar-refractivity contribution >= 4 is 40.0 Å². The molecule has 0 aliphatic rings. The Balaban J connectivity index is 3.26. The fraction of sp³-hybridized carbons (Fsp3) is 0. The van der Waals surface area contributed by atoms with E-state index in [1.807, 2.05) is 0 Å². The Morgan fingerprint density at radius 3 is 2.58 bits per heavy atom. The molecule has 12 heavy (non-hydrogen) atoms. The van der Waals surface area contributed by atoms with Crippen LogP contribution in [-0.2, 0) is 0 Å². The molecule has 0 saturated carbocycles. The van der Waals surface area contributed by atoms with E-state index in [0.717, 1.165) is 0 Å². The van der Waals surface area contributed by atoms with Crippen LogP contribution in [-0.4, -0.2) is 10.4 Å². The van der Waals surface area contributed by atoms with Crippen LogP contribution in [0.4, 0.5) is 0 Å². The van der Waals surface area contributed by atoms with E-state index in [1.54, 1.807) is 18.2 Å². The maximum Gasteiger partial charge on any atom is 0.176 e. The van der Waals surface area contributed by atoms with Crippen LogP contribution in [0, 0.1) is 0 Å². The Kier molecular flexibility index (Phi) is 3.20. The zero-order valence-corrected chi connectivity index (χ0v) is 8.03. The summed E-state index contributed by atoms with van der Waals surface area (Å²) in [4.78, 5) is 0. The number of hydrogen-bond donors (Lipinski definition) is 1. The second-order valence-corrected chi connectivity index (χ2v) is 3.14. The van der Waals surface area contributed by atoms with Crippen molar-refractivity contribution in [2.45, 2.75) is 0 Å². The molecule has 0 heterocycles. The van der Waals surface area contributed by atoms with E-state index < -0.39 is 0 Å². The molecule has 0 bridgehead atoms. The molecule has 0 fully saturated rings. The summed E-state index contributed by atoms with van der Waals surface area (Å²) in [5.74, 6) is 0. The van der Waals surface area contributed by atoms with Gasteiger partial charge in [-0.2, -0.15) is 0 Å². The van der Waals surface area contributed by atoms with Crippen LogP contribution in [0.2, 0.25) is 10.0 Å². The van der Waals surface area contributed by atoms with E-state index in [9.17, 15) is 0 Å². The summed E-state index contributed by atoms with van der Waals surface area (Å²) >= 11 is 17.0. The molecule has 0 atom stereocenters. The molecule has 0 unspecified atom stereocenters. The topological polar surface area (TPSA) is 32.6 Å². The van der Waals surface area contributed by atoms with Gasteiger partial charge in [0, 0.05) is 5.56 Å². The highest BCUT2D eigenvalue weighted by molar-refractivity contribution is 6.70. The van der Waals surface area contributed by atoms with Crippen molar-refractivity contribution in [3.8, 4) is 0 Å². The lowest BCUT2D eigenvalue weighted by atomic mass is 10.2. The molecule has 0 amide bonds. The van der Waals surface area contributed by atoms with Gasteiger partial charge < -0.3 is 5.21 Å². The fourth-order valence-corrected chi connectivity index (χ4v) is 1.31. The lowest BCUT2D eigenvalue weighted by Crippen LogP contribution is -1.92. The van der Waals surface area contributed by atoms with E-state index >= 15 is 0 Å². The average Bonchev–Trinajstić information content (AvgIpc) is 2.08. The van der Waals surface area contributed by atoms with Crippen LogP contribution >= 0.6 is 34.8 Å². The van der Waals surface area contributed by atoms with Crippen LogP contribution in [0.25, 0.3) is 0 Å². The number of benzene rings is 1. The van der Waals surface area contributed by atoms with Gasteiger partial charge in [0.1, 0.15) is 0 Å². The quantitative estimate of drug-likeness (QED) is 0.443. The zero-order chi connectivity index (χ0) is 9.14. The summed E-state index contributed by atoms with van der Waals surface area (Å²) < 4.78 is 0. The molecule has 64 valence electrons. The Bertz CT molecular complexity index is 324. The number of halogens is 3. The maximum absolute atomic E-state index is 8.36. The lowest BCUT2D eigenvalue weighted by Gasteiger charge is -2.00. The van der Waals surface area contributed by atoms with E-state index in [4.69, 9.17) is 40.0 Å². The van der Waals surface area contributed by atoms with E-state index in [0.29, 0.717) is 10.6 Å². The van der Waals surface area contributed by atoms with Crippen LogP contribution < -0.4 is 0 Å². The summed E-state index contributed by atoms with van der Waals surface area (Å²) in [5, 5.41) is 11.7. The molecule has 5 heteroatoms. The predicted octanol–water partition coefficient (Wildman–Crippen LogP) is 3.37. The van der Waals surface area contributed by atoms with Crippen molar-refractivity contribution in [1.29, 1.82) is 0 Å². The number of oxime groups is 1. The molecule has 1 aromatic rings. The van der Waals surface area contributed by atoms with Crippen molar-refractivity contribution in [2.75, 3.05) is 0 Å². The smallest absolute Gasteiger partial charge is 0.176 e. The minimum atomic E-state index is -0.0810. The first-order chi connectivity index (χ1) is 5.66. The minimum Gasteiger partial charge on any atom is -0.410 e. The molecule has 0 aromatic heterocycles. The van der Waals surface area contributed by atoms with Crippen molar-refractivity contribution in [2.24, 2.45) is 5.16 Å². The highest BCUT2D eigenvalue weighted by Crippen LogP contribution is 2.26. The third-order valence-electron chi connectivity index (χ3n) is 1.26. The van der Waals surface area contributed by atoms with E-state index in [1.165, 1.54) is 0 Å². The second kappa shape index (κ2) is 3.99. The summed E-state index contributed by atoms with van der Waals surface area (Å²) in [5.41, 5.74) is 0.410. The fourth-order valence-electron chi connectivity index (χ4n) is 0.717. The summed E-state index contributed by atoms with van der Waals surface area (Å²) in [7, 11) is 0. The Hall–Kier alpha value is -0.440. The van der Waals surface area contributed by atoms with Crippen molar-refractivity contribution in [1.82, 2.24) is 0 Å². The number of hydrogen-bond acceptors (Lipinski definition) is 2. The Labute approximate surface area is 84.3 Å². The van der Waals surface area contributed by atoms with E-state index in [-0.39, 0.29) is 10.2 Å². The van der Waals surface area contributed by atoms with Gasteiger partial charge >= 0.3 is 0 Å². The van der Waals surface area contributed by atoms with Crippen molar-refractivity contribution < 1.29 is 5.21 Å². The highest BCUT2D eigenvalue weighted by Gasteiger charge is 2.08. The van der Waals surface area contributed by atoms with Gasteiger partial charge in [0.05, 0.1) is 10.0 Å². The van der Waals surface area contributed by atoms with Crippen LogP contribution in [0.15, 0.2) is 23.4 Å². The standard InChI is InChI=1S/C7H4Cl3NO/c8-5-3-1-2-4(6(5)9)7(10)11-12/h1-3,12H/b11-7+. The van der Waals surface area contributed by atoms with Crippen molar-refractivity contribution in [3.05, 3.63) is 33.8 Å². The number of rotatable bonds is 1. The molecule has 0 aliphatic heterocycles. The first kappa shape index (κ1) is 9.65. The molecule has 1 aromatic carbocycles.